The average molecular weight is 431 g/mol. The van der Waals surface area contributed by atoms with E-state index in [9.17, 15) is 9.59 Å². The molecule has 2 aliphatic carbocycles. The Morgan fingerprint density at radius 2 is 1.72 bits per heavy atom. The van der Waals surface area contributed by atoms with E-state index in [1.54, 1.807) is 0 Å². The molecule has 4 nitrogen and oxygen atoms in total. The first-order valence-corrected chi connectivity index (χ1v) is 12.6. The summed E-state index contributed by atoms with van der Waals surface area (Å²) in [5.41, 5.74) is 0.946. The molecule has 32 heavy (non-hydrogen) atoms. The van der Waals surface area contributed by atoms with E-state index in [2.05, 4.69) is 52.7 Å². The smallest absolute Gasteiger partial charge is 0.222 e. The van der Waals surface area contributed by atoms with Gasteiger partial charge in [-0.1, -0.05) is 42.5 Å². The molecule has 2 saturated carbocycles. The fourth-order valence-corrected chi connectivity index (χ4v) is 7.50. The van der Waals surface area contributed by atoms with E-state index in [1.807, 2.05) is 0 Å². The molecule has 168 valence electrons. The Morgan fingerprint density at radius 1 is 0.969 bits per heavy atom. The number of amides is 2. The maximum absolute atomic E-state index is 13.4. The Morgan fingerprint density at radius 3 is 2.47 bits per heavy atom. The molecular formula is C28H34N2O2. The summed E-state index contributed by atoms with van der Waals surface area (Å²) in [6, 6.07) is 15.5. The molecule has 0 radical (unpaired) electrons. The highest BCUT2D eigenvalue weighted by atomic mass is 16.2. The van der Waals surface area contributed by atoms with Gasteiger partial charge in [0.05, 0.1) is 0 Å². The molecule has 3 unspecified atom stereocenters. The molecule has 5 fully saturated rings. The van der Waals surface area contributed by atoms with Crippen LogP contribution in [0.25, 0.3) is 10.8 Å². The van der Waals surface area contributed by atoms with E-state index in [1.165, 1.54) is 48.4 Å². The van der Waals surface area contributed by atoms with Gasteiger partial charge in [0, 0.05) is 31.0 Å². The van der Waals surface area contributed by atoms with Crippen molar-refractivity contribution in [1.29, 1.82) is 0 Å². The van der Waals surface area contributed by atoms with Crippen molar-refractivity contribution in [1.82, 2.24) is 10.2 Å². The van der Waals surface area contributed by atoms with Crippen molar-refractivity contribution in [2.45, 2.75) is 75.8 Å². The van der Waals surface area contributed by atoms with Crippen molar-refractivity contribution in [2.75, 3.05) is 6.54 Å². The molecular weight excluding hydrogens is 396 g/mol. The van der Waals surface area contributed by atoms with Gasteiger partial charge in [0.2, 0.25) is 11.8 Å². The van der Waals surface area contributed by atoms with Gasteiger partial charge in [0.1, 0.15) is 0 Å². The van der Waals surface area contributed by atoms with Gasteiger partial charge in [-0.25, -0.2) is 0 Å². The minimum absolute atomic E-state index is 0.129. The second kappa shape index (κ2) is 7.90. The lowest BCUT2D eigenvalue weighted by Gasteiger charge is -2.39. The number of carbonyl (C=O) groups is 2. The van der Waals surface area contributed by atoms with E-state index >= 15 is 0 Å². The normalized spacial score (nSPS) is 33.5. The fraction of sp³-hybridized carbons (Fsp3) is 0.571. The number of hydrogen-bond acceptors (Lipinski definition) is 2. The van der Waals surface area contributed by atoms with E-state index in [4.69, 9.17) is 0 Å². The molecule has 2 aromatic carbocycles. The summed E-state index contributed by atoms with van der Waals surface area (Å²) in [5.74, 6) is 2.87. The van der Waals surface area contributed by atoms with E-state index < -0.39 is 0 Å². The van der Waals surface area contributed by atoms with Crippen LogP contribution in [0.3, 0.4) is 0 Å². The maximum Gasteiger partial charge on any atom is 0.222 e. The van der Waals surface area contributed by atoms with Crippen LogP contribution in [0.1, 0.15) is 63.4 Å². The fourth-order valence-electron chi connectivity index (χ4n) is 7.50. The Hall–Kier alpha value is -2.36. The molecule has 1 N–H and O–H groups in total. The number of benzene rings is 2. The average Bonchev–Trinajstić information content (AvgIpc) is 3.03. The number of hydrogen-bond donors (Lipinski definition) is 1. The maximum atomic E-state index is 13.4. The zero-order valence-corrected chi connectivity index (χ0v) is 18.9. The van der Waals surface area contributed by atoms with Crippen LogP contribution in [-0.2, 0) is 16.0 Å². The first-order chi connectivity index (χ1) is 15.6. The van der Waals surface area contributed by atoms with Crippen LogP contribution in [0.2, 0.25) is 0 Å². The molecule has 5 aliphatic rings. The predicted octanol–water partition coefficient (Wildman–Crippen LogP) is 4.85. The van der Waals surface area contributed by atoms with Gasteiger partial charge in [0.25, 0.3) is 0 Å². The minimum Gasteiger partial charge on any atom is -0.350 e. The molecule has 0 spiro atoms. The van der Waals surface area contributed by atoms with Gasteiger partial charge in [-0.15, -0.1) is 0 Å². The zero-order valence-electron chi connectivity index (χ0n) is 18.9. The quantitative estimate of drug-likeness (QED) is 0.737. The summed E-state index contributed by atoms with van der Waals surface area (Å²) in [7, 11) is 0. The summed E-state index contributed by atoms with van der Waals surface area (Å²) < 4.78 is 0. The van der Waals surface area contributed by atoms with Gasteiger partial charge in [-0.3, -0.25) is 9.59 Å². The third kappa shape index (κ3) is 3.82. The van der Waals surface area contributed by atoms with Crippen LogP contribution < -0.4 is 5.32 Å². The SMILES string of the molecule is O=C1CCC(CCC(=O)N2CC3CC4CC(C3)CC2C4)(Cc2ccc3ccccc3c2)N1. The summed E-state index contributed by atoms with van der Waals surface area (Å²) in [6.07, 6.45) is 9.98. The highest BCUT2D eigenvalue weighted by Gasteiger charge is 2.44. The Kier molecular flexibility index (Phi) is 5.00. The number of fused-ring (bicyclic) bond motifs is 2. The third-order valence-corrected chi connectivity index (χ3v) is 8.84. The van der Waals surface area contributed by atoms with Crippen molar-refractivity contribution in [3.8, 4) is 0 Å². The van der Waals surface area contributed by atoms with Crippen molar-refractivity contribution in [3.05, 3.63) is 48.0 Å². The highest BCUT2D eigenvalue weighted by Crippen LogP contribution is 2.47. The second-order valence-corrected chi connectivity index (χ2v) is 11.2. The molecule has 0 aromatic heterocycles. The van der Waals surface area contributed by atoms with Crippen LogP contribution in [0.5, 0.6) is 0 Å². The molecule has 2 aromatic rings. The van der Waals surface area contributed by atoms with Crippen molar-refractivity contribution in [3.63, 3.8) is 0 Å². The molecule has 3 atom stereocenters. The van der Waals surface area contributed by atoms with Gasteiger partial charge < -0.3 is 10.2 Å². The predicted molar refractivity (Wildman–Crippen MR) is 126 cm³/mol. The second-order valence-electron chi connectivity index (χ2n) is 11.2. The highest BCUT2D eigenvalue weighted by molar-refractivity contribution is 5.83. The Bertz CT molecular complexity index is 1030. The van der Waals surface area contributed by atoms with Gasteiger partial charge in [-0.05, 0) is 85.5 Å². The number of carbonyl (C=O) groups excluding carboxylic acids is 2. The van der Waals surface area contributed by atoms with Crippen LogP contribution in [0, 0.1) is 17.8 Å². The first kappa shape index (κ1) is 20.3. The van der Waals surface area contributed by atoms with Crippen LogP contribution in [-0.4, -0.2) is 34.8 Å². The molecule has 4 heteroatoms. The topological polar surface area (TPSA) is 49.4 Å². The molecule has 2 amide bonds. The summed E-state index contributed by atoms with van der Waals surface area (Å²) in [4.78, 5) is 27.9. The van der Waals surface area contributed by atoms with Gasteiger partial charge in [0.15, 0.2) is 0 Å². The lowest BCUT2D eigenvalue weighted by atomic mass is 9.68. The van der Waals surface area contributed by atoms with Crippen LogP contribution in [0.4, 0.5) is 0 Å². The monoisotopic (exact) mass is 430 g/mol. The van der Waals surface area contributed by atoms with Crippen molar-refractivity contribution >= 4 is 22.6 Å². The summed E-state index contributed by atoms with van der Waals surface area (Å²) in [5, 5.41) is 5.75. The van der Waals surface area contributed by atoms with E-state index in [0.29, 0.717) is 30.7 Å². The Balaban J connectivity index is 1.17. The van der Waals surface area contributed by atoms with Crippen LogP contribution in [0.15, 0.2) is 42.5 Å². The van der Waals surface area contributed by atoms with Gasteiger partial charge >= 0.3 is 0 Å². The first-order valence-electron chi connectivity index (χ1n) is 12.6. The number of rotatable bonds is 5. The number of nitrogens with one attached hydrogen (secondary N) is 1. The van der Waals surface area contributed by atoms with Crippen molar-refractivity contribution in [2.24, 2.45) is 17.8 Å². The largest absolute Gasteiger partial charge is 0.350 e. The molecule has 3 saturated heterocycles. The zero-order chi connectivity index (χ0) is 21.7. The standard InChI is InChI=1S/C28H34N2O2/c31-26-7-9-28(29-26,17-19-5-6-23-3-1-2-4-24(23)14-19)10-8-27(32)30-18-22-12-20-11-21(13-22)16-25(30)15-20/h1-6,14,20-22,25H,7-13,15-18H2,(H,29,31). The third-order valence-electron chi connectivity index (χ3n) is 8.84. The Labute approximate surface area is 190 Å². The van der Waals surface area contributed by atoms with E-state index in [0.717, 1.165) is 37.6 Å². The van der Waals surface area contributed by atoms with Crippen molar-refractivity contribution < 1.29 is 9.59 Å². The molecule has 4 bridgehead atoms. The van der Waals surface area contributed by atoms with Gasteiger partial charge in [-0.2, -0.15) is 0 Å². The van der Waals surface area contributed by atoms with E-state index in [-0.39, 0.29) is 11.4 Å². The number of nitrogens with zero attached hydrogens (tertiary/aromatic N) is 1. The van der Waals surface area contributed by atoms with Crippen LogP contribution >= 0.6 is 0 Å². The minimum atomic E-state index is -0.293. The molecule has 3 heterocycles. The lowest BCUT2D eigenvalue weighted by Crippen LogP contribution is -2.46. The molecule has 7 rings (SSSR count). The molecule has 3 aliphatic heterocycles. The lowest BCUT2D eigenvalue weighted by molar-refractivity contribution is -0.134. The summed E-state index contributed by atoms with van der Waals surface area (Å²) >= 11 is 0. The summed E-state index contributed by atoms with van der Waals surface area (Å²) in [6.45, 7) is 0.973.